The van der Waals surface area contributed by atoms with E-state index in [1.807, 2.05) is 0 Å². The Morgan fingerprint density at radius 3 is 2.58 bits per heavy atom. The van der Waals surface area contributed by atoms with E-state index in [1.165, 1.54) is 30.6 Å². The minimum absolute atomic E-state index is 0.0838. The molecule has 0 aliphatic heterocycles. The van der Waals surface area contributed by atoms with Crippen LogP contribution in [0.4, 0.5) is 0 Å². The molecule has 1 heterocycles. The normalized spacial score (nSPS) is 41.8. The summed E-state index contributed by atoms with van der Waals surface area (Å²) in [5.74, 6) is 3.58. The van der Waals surface area contributed by atoms with Crippen LogP contribution in [0.2, 0.25) is 0 Å². The maximum absolute atomic E-state index is 13.2. The highest BCUT2D eigenvalue weighted by Gasteiger charge is 2.62. The molecule has 4 nitrogen and oxygen atoms in total. The minimum Gasteiger partial charge on any atom is -0.393 e. The Balaban J connectivity index is 1.28. The highest BCUT2D eigenvalue weighted by atomic mass is 32.1. The van der Waals surface area contributed by atoms with Gasteiger partial charge in [0.2, 0.25) is 5.91 Å². The molecule has 2 unspecified atom stereocenters. The first-order valence-corrected chi connectivity index (χ1v) is 15.4. The number of aliphatic hydroxyl groups excluding tert-OH is 1. The summed E-state index contributed by atoms with van der Waals surface area (Å²) in [6.45, 7) is 11.6. The van der Waals surface area contributed by atoms with Gasteiger partial charge in [0.1, 0.15) is 5.78 Å². The molecule has 4 aliphatic rings. The van der Waals surface area contributed by atoms with E-state index in [0.717, 1.165) is 19.3 Å². The van der Waals surface area contributed by atoms with Crippen molar-refractivity contribution in [3.05, 3.63) is 22.4 Å². The predicted molar refractivity (Wildman–Crippen MR) is 145 cm³/mol. The molecule has 36 heavy (non-hydrogen) atoms. The maximum atomic E-state index is 13.2. The second-order valence-corrected chi connectivity index (χ2v) is 14.7. The van der Waals surface area contributed by atoms with Crippen LogP contribution in [-0.4, -0.2) is 22.9 Å². The van der Waals surface area contributed by atoms with E-state index >= 15 is 0 Å². The Morgan fingerprint density at radius 1 is 1.14 bits per heavy atom. The summed E-state index contributed by atoms with van der Waals surface area (Å²) in [4.78, 5) is 26.7. The van der Waals surface area contributed by atoms with Crippen molar-refractivity contribution in [3.63, 3.8) is 0 Å². The number of ketones is 1. The first kappa shape index (κ1) is 26.4. The zero-order valence-electron chi connectivity index (χ0n) is 23.0. The van der Waals surface area contributed by atoms with Gasteiger partial charge in [0.25, 0.3) is 0 Å². The summed E-state index contributed by atoms with van der Waals surface area (Å²) >= 11 is 1.72. The average Bonchev–Trinajstić information content (AvgIpc) is 3.46. The van der Waals surface area contributed by atoms with Crippen LogP contribution in [0.3, 0.4) is 0 Å². The van der Waals surface area contributed by atoms with Crippen molar-refractivity contribution in [2.75, 3.05) is 0 Å². The Hall–Kier alpha value is -1.20. The van der Waals surface area contributed by atoms with Gasteiger partial charge in [-0.05, 0) is 102 Å². The van der Waals surface area contributed by atoms with E-state index in [9.17, 15) is 14.7 Å². The molecule has 10 atom stereocenters. The smallest absolute Gasteiger partial charge is 0.220 e. The molecule has 200 valence electrons. The molecular weight excluding hydrogens is 466 g/mol. The van der Waals surface area contributed by atoms with E-state index in [-0.39, 0.29) is 28.9 Å². The lowest BCUT2D eigenvalue weighted by Gasteiger charge is -2.61. The first-order valence-electron chi connectivity index (χ1n) is 14.6. The second kappa shape index (κ2) is 9.84. The predicted octanol–water partition coefficient (Wildman–Crippen LogP) is 6.79. The molecule has 5 rings (SSSR count). The maximum Gasteiger partial charge on any atom is 0.220 e. The van der Waals surface area contributed by atoms with Crippen LogP contribution in [0.25, 0.3) is 0 Å². The van der Waals surface area contributed by atoms with Crippen LogP contribution in [-0.2, 0) is 9.59 Å². The number of rotatable bonds is 6. The molecule has 5 heteroatoms. The van der Waals surface area contributed by atoms with Gasteiger partial charge in [0.15, 0.2) is 0 Å². The number of thiophene rings is 1. The Bertz CT molecular complexity index is 959. The third kappa shape index (κ3) is 4.40. The minimum atomic E-state index is -0.279. The fourth-order valence-electron chi connectivity index (χ4n) is 9.69. The topological polar surface area (TPSA) is 66.4 Å². The summed E-state index contributed by atoms with van der Waals surface area (Å²) in [5, 5.41) is 16.9. The Kier molecular flexibility index (Phi) is 7.22. The lowest BCUT2D eigenvalue weighted by Crippen LogP contribution is -2.58. The Morgan fingerprint density at radius 2 is 1.89 bits per heavy atom. The third-order valence-electron chi connectivity index (χ3n) is 11.6. The van der Waals surface area contributed by atoms with Crippen molar-refractivity contribution in [1.29, 1.82) is 0 Å². The highest BCUT2D eigenvalue weighted by molar-refractivity contribution is 7.10. The molecule has 0 saturated heterocycles. The highest BCUT2D eigenvalue weighted by Crippen LogP contribution is 2.68. The first-order chi connectivity index (χ1) is 17.0. The fourth-order valence-corrected chi connectivity index (χ4v) is 10.6. The standard InChI is InChI=1S/C31H47NO3S/c1-18(2)29(26-7-6-14-36-26)32-27(35)15-19(3)22-8-9-23-28-24(11-13-31(22,23)5)30(4)12-10-21(33)16-20(30)17-25(28)34/h6-7,14,18-20,22-25,28-29,34H,8-13,15-17H2,1-5H3,(H,32,35)/t19-,20+,22?,23+,24+,25-,28+,29?,30+,31-/m1/s1. The number of Topliss-reactive ketones (excluding diaryl/α,β-unsaturated/α-hetero) is 1. The zero-order valence-corrected chi connectivity index (χ0v) is 23.8. The van der Waals surface area contributed by atoms with Gasteiger partial charge in [-0.25, -0.2) is 0 Å². The van der Waals surface area contributed by atoms with E-state index in [0.29, 0.717) is 60.1 Å². The molecule has 4 aliphatic carbocycles. The summed E-state index contributed by atoms with van der Waals surface area (Å²) in [6.07, 6.45) is 8.23. The molecule has 0 radical (unpaired) electrons. The van der Waals surface area contributed by atoms with Crippen LogP contribution in [0, 0.1) is 52.3 Å². The van der Waals surface area contributed by atoms with Crippen LogP contribution in [0.15, 0.2) is 17.5 Å². The molecule has 4 fully saturated rings. The Labute approximate surface area is 222 Å². The van der Waals surface area contributed by atoms with Gasteiger partial charge < -0.3 is 10.4 Å². The van der Waals surface area contributed by atoms with Gasteiger partial charge in [-0.1, -0.05) is 40.7 Å². The SMILES string of the molecule is CC(C)C(NC(=O)C[C@@H](C)C1CC[C@H]2[C@@H]3[C@H](O)C[C@@H]4CC(=O)CC[C@]4(C)[C@H]3CC[C@]12C)c1cccs1. The number of hydrogen-bond acceptors (Lipinski definition) is 4. The van der Waals surface area contributed by atoms with Gasteiger partial charge in [0, 0.05) is 24.1 Å². The van der Waals surface area contributed by atoms with Crippen molar-refractivity contribution in [3.8, 4) is 0 Å². The number of aliphatic hydroxyl groups is 1. The van der Waals surface area contributed by atoms with E-state index < -0.39 is 0 Å². The van der Waals surface area contributed by atoms with Gasteiger partial charge in [0.05, 0.1) is 12.1 Å². The fraction of sp³-hybridized carbons (Fsp3) is 0.806. The molecule has 1 aromatic rings. The van der Waals surface area contributed by atoms with Gasteiger partial charge in [-0.3, -0.25) is 9.59 Å². The average molecular weight is 514 g/mol. The van der Waals surface area contributed by atoms with Gasteiger partial charge in [-0.2, -0.15) is 0 Å². The van der Waals surface area contributed by atoms with Crippen LogP contribution >= 0.6 is 11.3 Å². The second-order valence-electron chi connectivity index (χ2n) is 13.8. The zero-order chi connectivity index (χ0) is 25.8. The van der Waals surface area contributed by atoms with Gasteiger partial charge >= 0.3 is 0 Å². The van der Waals surface area contributed by atoms with Crippen molar-refractivity contribution in [2.45, 2.75) is 105 Å². The largest absolute Gasteiger partial charge is 0.393 e. The number of carbonyl (C=O) groups excluding carboxylic acids is 2. The van der Waals surface area contributed by atoms with Crippen LogP contribution < -0.4 is 5.32 Å². The monoisotopic (exact) mass is 513 g/mol. The van der Waals surface area contributed by atoms with Crippen molar-refractivity contribution >= 4 is 23.0 Å². The number of hydrogen-bond donors (Lipinski definition) is 2. The van der Waals surface area contributed by atoms with Crippen molar-refractivity contribution in [1.82, 2.24) is 5.32 Å². The summed E-state index contributed by atoms with van der Waals surface area (Å²) in [6, 6.07) is 4.27. The molecule has 0 aromatic carbocycles. The van der Waals surface area contributed by atoms with E-state index in [4.69, 9.17) is 0 Å². The van der Waals surface area contributed by atoms with Crippen LogP contribution in [0.1, 0.15) is 103 Å². The van der Waals surface area contributed by atoms with E-state index in [1.54, 1.807) is 11.3 Å². The van der Waals surface area contributed by atoms with Crippen molar-refractivity contribution < 1.29 is 14.7 Å². The van der Waals surface area contributed by atoms with Gasteiger partial charge in [-0.15, -0.1) is 11.3 Å². The number of carbonyl (C=O) groups is 2. The lowest BCUT2D eigenvalue weighted by molar-refractivity contribution is -0.169. The molecule has 1 aromatic heterocycles. The quantitative estimate of drug-likeness (QED) is 0.440. The molecule has 0 bridgehead atoms. The molecule has 4 saturated carbocycles. The third-order valence-corrected chi connectivity index (χ3v) is 12.6. The number of amides is 1. The summed E-state index contributed by atoms with van der Waals surface area (Å²) in [7, 11) is 0. The van der Waals surface area contributed by atoms with E-state index in [2.05, 4.69) is 57.4 Å². The summed E-state index contributed by atoms with van der Waals surface area (Å²) < 4.78 is 0. The number of nitrogens with one attached hydrogen (secondary N) is 1. The lowest BCUT2D eigenvalue weighted by atomic mass is 9.44. The molecular formula is C31H47NO3S. The molecule has 0 spiro atoms. The summed E-state index contributed by atoms with van der Waals surface area (Å²) in [5.41, 5.74) is 0.400. The molecule has 2 N–H and O–H groups in total. The number of fused-ring (bicyclic) bond motifs is 5. The molecule has 1 amide bonds. The van der Waals surface area contributed by atoms with Crippen molar-refractivity contribution in [2.24, 2.45) is 52.3 Å². The van der Waals surface area contributed by atoms with Crippen LogP contribution in [0.5, 0.6) is 0 Å².